The van der Waals surface area contributed by atoms with Crippen LogP contribution >= 0.6 is 0 Å². The lowest BCUT2D eigenvalue weighted by atomic mass is 9.99. The SMILES string of the molecule is O=C(CC1COCCN1)N1CCC(N2CCCCC2)CC1. The minimum atomic E-state index is 0.214. The summed E-state index contributed by atoms with van der Waals surface area (Å²) in [7, 11) is 0. The molecule has 5 heteroatoms. The summed E-state index contributed by atoms with van der Waals surface area (Å²) in [5, 5.41) is 3.37. The number of ether oxygens (including phenoxy) is 1. The number of nitrogens with one attached hydrogen (secondary N) is 1. The van der Waals surface area contributed by atoms with Crippen molar-refractivity contribution in [1.29, 1.82) is 0 Å². The highest BCUT2D eigenvalue weighted by Crippen LogP contribution is 2.21. The van der Waals surface area contributed by atoms with Crippen molar-refractivity contribution in [2.75, 3.05) is 45.9 Å². The van der Waals surface area contributed by atoms with Crippen LogP contribution in [0.2, 0.25) is 0 Å². The molecule has 21 heavy (non-hydrogen) atoms. The number of piperidine rings is 2. The number of morpholine rings is 1. The first-order chi connectivity index (χ1) is 10.3. The molecule has 3 saturated heterocycles. The first kappa shape index (κ1) is 15.3. The maximum Gasteiger partial charge on any atom is 0.224 e. The zero-order valence-corrected chi connectivity index (χ0v) is 13.1. The maximum absolute atomic E-state index is 12.4. The van der Waals surface area contributed by atoms with E-state index in [0.29, 0.717) is 25.0 Å². The number of rotatable bonds is 3. The van der Waals surface area contributed by atoms with E-state index >= 15 is 0 Å². The van der Waals surface area contributed by atoms with E-state index in [1.807, 2.05) is 0 Å². The molecular formula is C16H29N3O2. The van der Waals surface area contributed by atoms with Gasteiger partial charge in [-0.1, -0.05) is 6.42 Å². The molecule has 3 aliphatic heterocycles. The van der Waals surface area contributed by atoms with E-state index < -0.39 is 0 Å². The second-order valence-corrected chi connectivity index (χ2v) is 6.64. The minimum Gasteiger partial charge on any atom is -0.378 e. The summed E-state index contributed by atoms with van der Waals surface area (Å²) in [6.45, 7) is 6.72. The third kappa shape index (κ3) is 4.18. The Morgan fingerprint density at radius 3 is 2.52 bits per heavy atom. The summed E-state index contributed by atoms with van der Waals surface area (Å²) in [6, 6.07) is 0.927. The fourth-order valence-corrected chi connectivity index (χ4v) is 3.85. The van der Waals surface area contributed by atoms with Gasteiger partial charge in [-0.3, -0.25) is 4.79 Å². The third-order valence-electron chi connectivity index (χ3n) is 5.14. The van der Waals surface area contributed by atoms with Crippen LogP contribution in [0, 0.1) is 0 Å². The Morgan fingerprint density at radius 2 is 1.86 bits per heavy atom. The third-order valence-corrected chi connectivity index (χ3v) is 5.14. The van der Waals surface area contributed by atoms with Crippen molar-refractivity contribution in [3.8, 4) is 0 Å². The van der Waals surface area contributed by atoms with Gasteiger partial charge in [0.25, 0.3) is 0 Å². The van der Waals surface area contributed by atoms with Crippen LogP contribution in [0.4, 0.5) is 0 Å². The molecule has 0 bridgehead atoms. The van der Waals surface area contributed by atoms with Crippen LogP contribution in [0.3, 0.4) is 0 Å². The predicted octanol–water partition coefficient (Wildman–Crippen LogP) is 0.842. The largest absolute Gasteiger partial charge is 0.378 e. The zero-order valence-electron chi connectivity index (χ0n) is 13.1. The van der Waals surface area contributed by atoms with Crippen molar-refractivity contribution in [2.45, 2.75) is 50.6 Å². The van der Waals surface area contributed by atoms with Gasteiger partial charge in [0.1, 0.15) is 0 Å². The van der Waals surface area contributed by atoms with Crippen LogP contribution in [-0.4, -0.2) is 73.7 Å². The highest BCUT2D eigenvalue weighted by molar-refractivity contribution is 5.77. The van der Waals surface area contributed by atoms with Crippen LogP contribution in [-0.2, 0) is 9.53 Å². The van der Waals surface area contributed by atoms with Gasteiger partial charge in [-0.25, -0.2) is 0 Å². The van der Waals surface area contributed by atoms with E-state index in [2.05, 4.69) is 15.1 Å². The Labute approximate surface area is 128 Å². The highest BCUT2D eigenvalue weighted by Gasteiger charge is 2.28. The Morgan fingerprint density at radius 1 is 1.10 bits per heavy atom. The molecule has 1 N–H and O–H groups in total. The molecule has 0 saturated carbocycles. The molecule has 0 aromatic heterocycles. The van der Waals surface area contributed by atoms with E-state index in [1.165, 1.54) is 32.4 Å². The number of nitrogens with zero attached hydrogens (tertiary/aromatic N) is 2. The average Bonchev–Trinajstić information content (AvgIpc) is 2.57. The Bertz CT molecular complexity index is 330. The highest BCUT2D eigenvalue weighted by atomic mass is 16.5. The van der Waals surface area contributed by atoms with Gasteiger partial charge in [-0.05, 0) is 38.8 Å². The maximum atomic E-state index is 12.4. The standard InChI is InChI=1S/C16H29N3O2/c20-16(12-14-13-21-11-6-17-14)19-9-4-15(5-10-19)18-7-2-1-3-8-18/h14-15,17H,1-13H2. The molecule has 0 spiro atoms. The first-order valence-electron chi connectivity index (χ1n) is 8.66. The van der Waals surface area contributed by atoms with E-state index in [9.17, 15) is 4.79 Å². The second-order valence-electron chi connectivity index (χ2n) is 6.64. The lowest BCUT2D eigenvalue weighted by Gasteiger charge is -2.40. The minimum absolute atomic E-state index is 0.214. The van der Waals surface area contributed by atoms with Crippen molar-refractivity contribution in [2.24, 2.45) is 0 Å². The fourth-order valence-electron chi connectivity index (χ4n) is 3.85. The zero-order chi connectivity index (χ0) is 14.5. The summed E-state index contributed by atoms with van der Waals surface area (Å²) >= 11 is 0. The molecule has 0 radical (unpaired) electrons. The van der Waals surface area contributed by atoms with Gasteiger partial charge < -0.3 is 19.9 Å². The Kier molecular flexibility index (Phi) is 5.49. The Balaban J connectivity index is 1.40. The molecule has 1 unspecified atom stereocenters. The quantitative estimate of drug-likeness (QED) is 0.838. The molecule has 3 heterocycles. The summed E-state index contributed by atoms with van der Waals surface area (Å²) in [5.41, 5.74) is 0. The van der Waals surface area contributed by atoms with E-state index in [-0.39, 0.29) is 6.04 Å². The van der Waals surface area contributed by atoms with Gasteiger partial charge in [-0.2, -0.15) is 0 Å². The number of likely N-dealkylation sites (tertiary alicyclic amines) is 2. The molecule has 3 fully saturated rings. The van der Waals surface area contributed by atoms with Gasteiger partial charge >= 0.3 is 0 Å². The van der Waals surface area contributed by atoms with Crippen molar-refractivity contribution >= 4 is 5.91 Å². The molecule has 1 amide bonds. The molecule has 0 aromatic carbocycles. The normalized spacial score (nSPS) is 29.5. The van der Waals surface area contributed by atoms with Crippen LogP contribution in [0.25, 0.3) is 0 Å². The summed E-state index contributed by atoms with van der Waals surface area (Å²) in [6.07, 6.45) is 7.00. The number of amides is 1. The predicted molar refractivity (Wildman–Crippen MR) is 82.3 cm³/mol. The molecule has 5 nitrogen and oxygen atoms in total. The molecule has 0 aliphatic carbocycles. The monoisotopic (exact) mass is 295 g/mol. The van der Waals surface area contributed by atoms with Crippen molar-refractivity contribution in [1.82, 2.24) is 15.1 Å². The van der Waals surface area contributed by atoms with Crippen LogP contribution in [0.1, 0.15) is 38.5 Å². The van der Waals surface area contributed by atoms with E-state index in [1.54, 1.807) is 0 Å². The first-order valence-corrected chi connectivity index (χ1v) is 8.66. The summed E-state index contributed by atoms with van der Waals surface area (Å²) in [5.74, 6) is 0.301. The van der Waals surface area contributed by atoms with Gasteiger partial charge in [0.15, 0.2) is 0 Å². The number of carbonyl (C=O) groups excluding carboxylic acids is 1. The van der Waals surface area contributed by atoms with Gasteiger partial charge in [0.2, 0.25) is 5.91 Å². The lowest BCUT2D eigenvalue weighted by Crippen LogP contribution is -2.50. The van der Waals surface area contributed by atoms with E-state index in [0.717, 1.165) is 39.1 Å². The second kappa shape index (κ2) is 7.56. The lowest BCUT2D eigenvalue weighted by molar-refractivity contribution is -0.134. The van der Waals surface area contributed by atoms with Gasteiger partial charge in [0.05, 0.1) is 13.2 Å². The van der Waals surface area contributed by atoms with Crippen molar-refractivity contribution in [3.63, 3.8) is 0 Å². The number of hydrogen-bond donors (Lipinski definition) is 1. The average molecular weight is 295 g/mol. The fraction of sp³-hybridized carbons (Fsp3) is 0.938. The number of hydrogen-bond acceptors (Lipinski definition) is 4. The van der Waals surface area contributed by atoms with Crippen LogP contribution < -0.4 is 5.32 Å². The summed E-state index contributed by atoms with van der Waals surface area (Å²) in [4.78, 5) is 17.1. The van der Waals surface area contributed by atoms with Crippen LogP contribution in [0.15, 0.2) is 0 Å². The van der Waals surface area contributed by atoms with Crippen molar-refractivity contribution in [3.05, 3.63) is 0 Å². The van der Waals surface area contributed by atoms with E-state index in [4.69, 9.17) is 4.74 Å². The summed E-state index contributed by atoms with van der Waals surface area (Å²) < 4.78 is 5.43. The molecule has 1 atom stereocenters. The molecule has 120 valence electrons. The molecule has 3 aliphatic rings. The molecule has 0 aromatic rings. The van der Waals surface area contributed by atoms with Crippen molar-refractivity contribution < 1.29 is 9.53 Å². The molecular weight excluding hydrogens is 266 g/mol. The van der Waals surface area contributed by atoms with Crippen LogP contribution in [0.5, 0.6) is 0 Å². The topological polar surface area (TPSA) is 44.8 Å². The number of carbonyl (C=O) groups is 1. The molecule has 3 rings (SSSR count). The smallest absolute Gasteiger partial charge is 0.224 e. The van der Waals surface area contributed by atoms with Gasteiger partial charge in [0, 0.05) is 38.1 Å². The Hall–Kier alpha value is -0.650. The van der Waals surface area contributed by atoms with Gasteiger partial charge in [-0.15, -0.1) is 0 Å².